The molecular weight excluding hydrogens is 343 g/mol. The highest BCUT2D eigenvalue weighted by Gasteiger charge is 2.27. The molecule has 0 bridgehead atoms. The van der Waals surface area contributed by atoms with Gasteiger partial charge in [-0.15, -0.1) is 0 Å². The second kappa shape index (κ2) is 6.29. The number of nitrogens with zero attached hydrogens (tertiary/aromatic N) is 1. The van der Waals surface area contributed by atoms with Crippen LogP contribution in [-0.2, 0) is 4.79 Å². The number of benzene rings is 2. The zero-order valence-electron chi connectivity index (χ0n) is 11.3. The molecule has 2 aromatic rings. The fraction of sp³-hybridized carbons (Fsp3) is 0.125. The van der Waals surface area contributed by atoms with E-state index in [1.54, 1.807) is 24.3 Å². The monoisotopic (exact) mass is 352 g/mol. The van der Waals surface area contributed by atoms with Crippen LogP contribution in [0.4, 0.5) is 0 Å². The molecule has 3 rings (SSSR count). The van der Waals surface area contributed by atoms with E-state index in [2.05, 4.69) is 10.5 Å². The van der Waals surface area contributed by atoms with Crippen molar-refractivity contribution < 1.29 is 4.79 Å². The van der Waals surface area contributed by atoms with E-state index in [4.69, 9.17) is 34.8 Å². The molecule has 1 N–H and O–H groups in total. The van der Waals surface area contributed by atoms with Crippen molar-refractivity contribution in [2.45, 2.75) is 12.3 Å². The molecule has 0 aliphatic carbocycles. The van der Waals surface area contributed by atoms with Crippen LogP contribution >= 0.6 is 34.8 Å². The Morgan fingerprint density at radius 1 is 1.00 bits per heavy atom. The van der Waals surface area contributed by atoms with Crippen molar-refractivity contribution in [3.05, 3.63) is 68.7 Å². The molecule has 0 aromatic heterocycles. The van der Waals surface area contributed by atoms with Gasteiger partial charge in [0.2, 0.25) is 5.91 Å². The normalized spacial score (nSPS) is 17.9. The molecule has 2 aromatic carbocycles. The van der Waals surface area contributed by atoms with E-state index in [0.29, 0.717) is 21.5 Å². The number of hydrazone groups is 1. The Kier molecular flexibility index (Phi) is 4.39. The fourth-order valence-corrected chi connectivity index (χ4v) is 2.78. The molecule has 1 aliphatic rings. The Hall–Kier alpha value is -1.55. The van der Waals surface area contributed by atoms with Crippen molar-refractivity contribution in [1.82, 2.24) is 5.43 Å². The molecule has 0 saturated carbocycles. The number of nitrogens with one attached hydrogen (secondary N) is 1. The van der Waals surface area contributed by atoms with Gasteiger partial charge in [0.05, 0.1) is 21.7 Å². The maximum Gasteiger partial charge on any atom is 0.248 e. The number of halogens is 3. The van der Waals surface area contributed by atoms with E-state index in [-0.39, 0.29) is 11.8 Å². The van der Waals surface area contributed by atoms with E-state index in [0.717, 1.165) is 16.8 Å². The van der Waals surface area contributed by atoms with Crippen molar-refractivity contribution >= 4 is 46.4 Å². The third kappa shape index (κ3) is 3.12. The minimum absolute atomic E-state index is 0.133. The summed E-state index contributed by atoms with van der Waals surface area (Å²) >= 11 is 17.9. The first kappa shape index (κ1) is 15.3. The summed E-state index contributed by atoms with van der Waals surface area (Å²) in [5.74, 6) is -0.439. The molecule has 0 fully saturated rings. The number of hydrogen-bond acceptors (Lipinski definition) is 2. The van der Waals surface area contributed by atoms with Gasteiger partial charge in [0, 0.05) is 11.4 Å². The minimum atomic E-state index is -0.306. The highest BCUT2D eigenvalue weighted by molar-refractivity contribution is 6.42. The Labute approximate surface area is 142 Å². The van der Waals surface area contributed by atoms with Gasteiger partial charge in [0.15, 0.2) is 0 Å². The van der Waals surface area contributed by atoms with Crippen molar-refractivity contribution in [2.75, 3.05) is 0 Å². The molecule has 0 spiro atoms. The van der Waals surface area contributed by atoms with Gasteiger partial charge in [-0.05, 0) is 35.4 Å². The Morgan fingerprint density at radius 2 is 1.73 bits per heavy atom. The summed E-state index contributed by atoms with van der Waals surface area (Å²) in [5, 5.41) is 5.72. The Balaban J connectivity index is 1.90. The smallest absolute Gasteiger partial charge is 0.248 e. The maximum atomic E-state index is 12.1. The second-order valence-electron chi connectivity index (χ2n) is 4.97. The van der Waals surface area contributed by atoms with Crippen LogP contribution in [0, 0.1) is 0 Å². The van der Waals surface area contributed by atoms with Crippen LogP contribution in [0.1, 0.15) is 23.5 Å². The van der Waals surface area contributed by atoms with Gasteiger partial charge in [0.1, 0.15) is 0 Å². The third-order valence-corrected chi connectivity index (χ3v) is 4.53. The number of rotatable bonds is 2. The first-order chi connectivity index (χ1) is 10.5. The molecule has 1 heterocycles. The first-order valence-electron chi connectivity index (χ1n) is 6.62. The summed E-state index contributed by atoms with van der Waals surface area (Å²) < 4.78 is 0. The molecule has 6 heteroatoms. The van der Waals surface area contributed by atoms with Crippen LogP contribution in [0.5, 0.6) is 0 Å². The molecule has 22 heavy (non-hydrogen) atoms. The van der Waals surface area contributed by atoms with Crippen LogP contribution in [0.3, 0.4) is 0 Å². The number of carbonyl (C=O) groups excluding carboxylic acids is 1. The third-order valence-electron chi connectivity index (χ3n) is 3.54. The van der Waals surface area contributed by atoms with E-state index < -0.39 is 0 Å². The van der Waals surface area contributed by atoms with Gasteiger partial charge >= 0.3 is 0 Å². The summed E-state index contributed by atoms with van der Waals surface area (Å²) in [4.78, 5) is 12.1. The predicted molar refractivity (Wildman–Crippen MR) is 90.0 cm³/mol. The van der Waals surface area contributed by atoms with Crippen LogP contribution in [0.25, 0.3) is 0 Å². The molecule has 1 atom stereocenters. The van der Waals surface area contributed by atoms with E-state index in [1.807, 2.05) is 18.2 Å². The summed E-state index contributed by atoms with van der Waals surface area (Å²) in [6.45, 7) is 0. The largest absolute Gasteiger partial charge is 0.272 e. The standard InChI is InChI=1S/C16H11Cl3N2O/c17-11-4-1-9(2-5-11)12-8-15(20-21-16(12)22)10-3-6-13(18)14(19)7-10/h1-7,12H,8H2,(H,21,22)/t12-/m1/s1. The van der Waals surface area contributed by atoms with E-state index in [1.165, 1.54) is 0 Å². The lowest BCUT2D eigenvalue weighted by atomic mass is 9.89. The molecule has 0 unspecified atom stereocenters. The zero-order valence-corrected chi connectivity index (χ0v) is 13.6. The minimum Gasteiger partial charge on any atom is -0.272 e. The Bertz CT molecular complexity index is 756. The van der Waals surface area contributed by atoms with Crippen LogP contribution < -0.4 is 5.43 Å². The van der Waals surface area contributed by atoms with Gasteiger partial charge in [-0.3, -0.25) is 4.79 Å². The lowest BCUT2D eigenvalue weighted by Crippen LogP contribution is -2.33. The van der Waals surface area contributed by atoms with Crippen molar-refractivity contribution in [1.29, 1.82) is 0 Å². The van der Waals surface area contributed by atoms with Crippen LogP contribution in [0.15, 0.2) is 47.6 Å². The molecule has 1 aliphatic heterocycles. The Morgan fingerprint density at radius 3 is 2.41 bits per heavy atom. The molecule has 112 valence electrons. The molecule has 0 radical (unpaired) electrons. The predicted octanol–water partition coefficient (Wildman–Crippen LogP) is 4.65. The highest BCUT2D eigenvalue weighted by Crippen LogP contribution is 2.29. The molecule has 3 nitrogen and oxygen atoms in total. The quantitative estimate of drug-likeness (QED) is 0.838. The zero-order chi connectivity index (χ0) is 15.7. The highest BCUT2D eigenvalue weighted by atomic mass is 35.5. The SMILES string of the molecule is O=C1NN=C(c2ccc(Cl)c(Cl)c2)C[C@@H]1c1ccc(Cl)cc1. The molecule has 1 amide bonds. The van der Waals surface area contributed by atoms with Gasteiger partial charge in [0.25, 0.3) is 0 Å². The van der Waals surface area contributed by atoms with Crippen LogP contribution in [-0.4, -0.2) is 11.6 Å². The van der Waals surface area contributed by atoms with Crippen LogP contribution in [0.2, 0.25) is 15.1 Å². The lowest BCUT2D eigenvalue weighted by molar-refractivity contribution is -0.122. The molecule has 0 saturated heterocycles. The van der Waals surface area contributed by atoms with Gasteiger partial charge in [-0.2, -0.15) is 5.10 Å². The summed E-state index contributed by atoms with van der Waals surface area (Å²) in [7, 11) is 0. The average Bonchev–Trinajstić information content (AvgIpc) is 2.52. The van der Waals surface area contributed by atoms with Gasteiger partial charge in [-0.1, -0.05) is 53.0 Å². The summed E-state index contributed by atoms with van der Waals surface area (Å²) in [6, 6.07) is 12.6. The van der Waals surface area contributed by atoms with E-state index >= 15 is 0 Å². The first-order valence-corrected chi connectivity index (χ1v) is 7.75. The van der Waals surface area contributed by atoms with Gasteiger partial charge < -0.3 is 0 Å². The average molecular weight is 354 g/mol. The summed E-state index contributed by atoms with van der Waals surface area (Å²) in [6.07, 6.45) is 0.491. The number of hydrogen-bond donors (Lipinski definition) is 1. The van der Waals surface area contributed by atoms with E-state index in [9.17, 15) is 4.79 Å². The van der Waals surface area contributed by atoms with Crippen molar-refractivity contribution in [2.24, 2.45) is 5.10 Å². The summed E-state index contributed by atoms with van der Waals surface area (Å²) in [5.41, 5.74) is 5.07. The number of amides is 1. The van der Waals surface area contributed by atoms with Gasteiger partial charge in [-0.25, -0.2) is 5.43 Å². The van der Waals surface area contributed by atoms with Crippen molar-refractivity contribution in [3.63, 3.8) is 0 Å². The topological polar surface area (TPSA) is 41.5 Å². The number of carbonyl (C=O) groups is 1. The fourth-order valence-electron chi connectivity index (χ4n) is 2.35. The van der Waals surface area contributed by atoms with Crippen molar-refractivity contribution in [3.8, 4) is 0 Å². The second-order valence-corrected chi connectivity index (χ2v) is 6.22. The maximum absolute atomic E-state index is 12.1. The lowest BCUT2D eigenvalue weighted by Gasteiger charge is -2.22. The molecular formula is C16H11Cl3N2O.